The molecule has 1 aromatic carbocycles. The third-order valence-corrected chi connectivity index (χ3v) is 4.90. The number of nitrogens with one attached hydrogen (secondary N) is 1. The van der Waals surface area contributed by atoms with Crippen molar-refractivity contribution in [1.82, 2.24) is 5.32 Å². The Bertz CT molecular complexity index is 408. The number of hydrogen-bond acceptors (Lipinski definition) is 2. The second-order valence-corrected chi connectivity index (χ2v) is 6.42. The van der Waals surface area contributed by atoms with Crippen molar-refractivity contribution < 1.29 is 5.11 Å². The molecule has 0 aromatic heterocycles. The summed E-state index contributed by atoms with van der Waals surface area (Å²) >= 11 is 10.3. The Balaban J connectivity index is 0.00000144. The molecule has 17 heavy (non-hydrogen) atoms. The van der Waals surface area contributed by atoms with Crippen LogP contribution in [0.5, 0.6) is 5.75 Å². The molecule has 96 valence electrons. The summed E-state index contributed by atoms with van der Waals surface area (Å²) in [6.07, 6.45) is 3.57. The van der Waals surface area contributed by atoms with Crippen molar-refractivity contribution in [3.63, 3.8) is 0 Å². The van der Waals surface area contributed by atoms with E-state index < -0.39 is 0 Å². The first kappa shape index (κ1) is 15.8. The predicted molar refractivity (Wildman–Crippen MR) is 83.0 cm³/mol. The lowest BCUT2D eigenvalue weighted by Gasteiger charge is -2.26. The second kappa shape index (κ2) is 6.75. The molecule has 0 aliphatic carbocycles. The summed E-state index contributed by atoms with van der Waals surface area (Å²) in [5, 5.41) is 13.4. The van der Waals surface area contributed by atoms with Crippen molar-refractivity contribution in [2.75, 3.05) is 6.54 Å². The van der Waals surface area contributed by atoms with Crippen LogP contribution < -0.4 is 5.32 Å². The summed E-state index contributed by atoms with van der Waals surface area (Å²) in [7, 11) is 0. The first-order valence-electron chi connectivity index (χ1n) is 5.21. The minimum Gasteiger partial charge on any atom is -0.506 e. The maximum atomic E-state index is 9.90. The van der Waals surface area contributed by atoms with Gasteiger partial charge in [-0.2, -0.15) is 0 Å². The zero-order valence-corrected chi connectivity index (χ0v) is 14.5. The number of phenols is 1. The third kappa shape index (κ3) is 3.38. The monoisotopic (exact) mass is 447 g/mol. The van der Waals surface area contributed by atoms with Gasteiger partial charge >= 0.3 is 0 Å². The van der Waals surface area contributed by atoms with E-state index in [1.165, 1.54) is 12.8 Å². The van der Waals surface area contributed by atoms with E-state index in [9.17, 15) is 5.11 Å². The Kier molecular flexibility index (Phi) is 6.26. The van der Waals surface area contributed by atoms with E-state index in [4.69, 9.17) is 0 Å². The fourth-order valence-electron chi connectivity index (χ4n) is 2.01. The molecule has 1 aliphatic rings. The molecule has 0 bridgehead atoms. The van der Waals surface area contributed by atoms with Gasteiger partial charge in [-0.1, -0.05) is 22.4 Å². The van der Waals surface area contributed by atoms with Crippen molar-refractivity contribution in [3.8, 4) is 5.75 Å². The molecule has 0 saturated carbocycles. The van der Waals surface area contributed by atoms with Crippen LogP contribution in [0.15, 0.2) is 19.5 Å². The summed E-state index contributed by atoms with van der Waals surface area (Å²) < 4.78 is 2.49. The van der Waals surface area contributed by atoms with E-state index in [1.807, 2.05) is 6.07 Å². The Morgan fingerprint density at radius 3 is 2.47 bits per heavy atom. The first-order chi connectivity index (χ1) is 7.61. The highest BCUT2D eigenvalue weighted by molar-refractivity contribution is 9.11. The molecule has 0 spiro atoms. The molecule has 1 saturated heterocycles. The average molecular weight is 450 g/mol. The summed E-state index contributed by atoms with van der Waals surface area (Å²) in [4.78, 5) is 0. The van der Waals surface area contributed by atoms with Crippen molar-refractivity contribution in [1.29, 1.82) is 0 Å². The Morgan fingerprint density at radius 1 is 1.18 bits per heavy atom. The molecular weight excluding hydrogens is 437 g/mol. The van der Waals surface area contributed by atoms with Crippen LogP contribution >= 0.6 is 60.2 Å². The van der Waals surface area contributed by atoms with Gasteiger partial charge in [-0.3, -0.25) is 0 Å². The zero-order valence-electron chi connectivity index (χ0n) is 8.97. The fraction of sp³-hybridized carbons (Fsp3) is 0.455. The molecule has 0 unspecified atom stereocenters. The lowest BCUT2D eigenvalue weighted by Crippen LogP contribution is -2.27. The molecule has 0 amide bonds. The lowest BCUT2D eigenvalue weighted by molar-refractivity contribution is 0.406. The average Bonchev–Trinajstić information content (AvgIpc) is 2.28. The van der Waals surface area contributed by atoms with Gasteiger partial charge in [0.1, 0.15) is 5.75 Å². The fourth-order valence-corrected chi connectivity index (χ4v) is 4.69. The van der Waals surface area contributed by atoms with Gasteiger partial charge in [-0.25, -0.2) is 0 Å². The van der Waals surface area contributed by atoms with Crippen LogP contribution in [0.2, 0.25) is 0 Å². The standard InChI is InChI=1S/C11H12Br3NO.ClH/c12-6-5-7(13)11(16)10(14)9(6)8-3-1-2-4-15-8;/h5,8,15-16H,1-4H2;1H/t8-;/m1./s1. The molecule has 1 aromatic rings. The summed E-state index contributed by atoms with van der Waals surface area (Å²) in [6, 6.07) is 2.21. The van der Waals surface area contributed by atoms with Gasteiger partial charge in [0, 0.05) is 16.1 Å². The van der Waals surface area contributed by atoms with E-state index in [-0.39, 0.29) is 18.2 Å². The molecular formula is C11H13Br3ClNO. The van der Waals surface area contributed by atoms with Crippen molar-refractivity contribution >= 4 is 60.2 Å². The van der Waals surface area contributed by atoms with Crippen LogP contribution in [-0.2, 0) is 0 Å². The largest absolute Gasteiger partial charge is 0.506 e. The minimum atomic E-state index is 0. The van der Waals surface area contributed by atoms with Gasteiger partial charge in [0.2, 0.25) is 0 Å². The van der Waals surface area contributed by atoms with Crippen LogP contribution in [0, 0.1) is 0 Å². The Morgan fingerprint density at radius 2 is 1.88 bits per heavy atom. The highest BCUT2D eigenvalue weighted by Gasteiger charge is 2.22. The number of rotatable bonds is 1. The Labute approximate surface area is 132 Å². The molecule has 6 heteroatoms. The zero-order chi connectivity index (χ0) is 11.7. The molecule has 1 heterocycles. The van der Waals surface area contributed by atoms with Crippen LogP contribution in [-0.4, -0.2) is 11.7 Å². The molecule has 2 rings (SSSR count). The van der Waals surface area contributed by atoms with Crippen LogP contribution in [0.4, 0.5) is 0 Å². The molecule has 1 atom stereocenters. The van der Waals surface area contributed by atoms with Crippen molar-refractivity contribution in [3.05, 3.63) is 25.0 Å². The van der Waals surface area contributed by atoms with E-state index >= 15 is 0 Å². The summed E-state index contributed by atoms with van der Waals surface area (Å²) in [5.41, 5.74) is 1.11. The first-order valence-corrected chi connectivity index (χ1v) is 7.59. The van der Waals surface area contributed by atoms with Gasteiger partial charge in [0.25, 0.3) is 0 Å². The predicted octanol–water partition coefficient (Wildman–Crippen LogP) is 4.92. The topological polar surface area (TPSA) is 32.3 Å². The van der Waals surface area contributed by atoms with Crippen LogP contribution in [0.1, 0.15) is 30.9 Å². The molecule has 2 N–H and O–H groups in total. The van der Waals surface area contributed by atoms with E-state index in [0.29, 0.717) is 10.5 Å². The van der Waals surface area contributed by atoms with Gasteiger partial charge in [0.15, 0.2) is 0 Å². The number of benzene rings is 1. The van der Waals surface area contributed by atoms with Gasteiger partial charge < -0.3 is 10.4 Å². The summed E-state index contributed by atoms with van der Waals surface area (Å²) in [5.74, 6) is 0.269. The Hall–Kier alpha value is 0.710. The van der Waals surface area contributed by atoms with E-state index in [2.05, 4.69) is 53.1 Å². The summed E-state index contributed by atoms with van der Waals surface area (Å²) in [6.45, 7) is 1.04. The molecule has 1 fully saturated rings. The smallest absolute Gasteiger partial charge is 0.144 e. The van der Waals surface area contributed by atoms with Gasteiger partial charge in [0.05, 0.1) is 8.95 Å². The van der Waals surface area contributed by atoms with Gasteiger partial charge in [-0.05, 0) is 57.3 Å². The number of piperidine rings is 1. The maximum absolute atomic E-state index is 9.90. The van der Waals surface area contributed by atoms with Crippen LogP contribution in [0.3, 0.4) is 0 Å². The maximum Gasteiger partial charge on any atom is 0.144 e. The van der Waals surface area contributed by atoms with Gasteiger partial charge in [-0.15, -0.1) is 12.4 Å². The minimum absolute atomic E-state index is 0. The number of halogens is 4. The number of aromatic hydroxyl groups is 1. The van der Waals surface area contributed by atoms with Crippen molar-refractivity contribution in [2.45, 2.75) is 25.3 Å². The normalized spacial score (nSPS) is 19.8. The number of phenolic OH excluding ortho intramolecular Hbond substituents is 1. The highest BCUT2D eigenvalue weighted by atomic mass is 79.9. The number of hydrogen-bond donors (Lipinski definition) is 2. The third-order valence-electron chi connectivity index (χ3n) is 2.84. The van der Waals surface area contributed by atoms with Crippen molar-refractivity contribution in [2.24, 2.45) is 0 Å². The molecule has 0 radical (unpaired) electrons. The molecule has 2 nitrogen and oxygen atoms in total. The lowest BCUT2D eigenvalue weighted by atomic mass is 9.97. The highest BCUT2D eigenvalue weighted by Crippen LogP contribution is 2.43. The molecule has 1 aliphatic heterocycles. The quantitative estimate of drug-likeness (QED) is 0.637. The SMILES string of the molecule is Cl.Oc1c(Br)cc(Br)c([C@H]2CCCCN2)c1Br. The van der Waals surface area contributed by atoms with E-state index in [1.54, 1.807) is 0 Å². The second-order valence-electron chi connectivity index (χ2n) is 3.92. The van der Waals surface area contributed by atoms with Crippen LogP contribution in [0.25, 0.3) is 0 Å². The van der Waals surface area contributed by atoms with E-state index in [0.717, 1.165) is 27.5 Å².